The van der Waals surface area contributed by atoms with E-state index in [0.29, 0.717) is 18.5 Å². The van der Waals surface area contributed by atoms with Gasteiger partial charge in [-0.2, -0.15) is 13.2 Å². The average molecular weight is 442 g/mol. The Hall–Kier alpha value is -3.88. The molecule has 0 saturated heterocycles. The molecule has 4 rings (SSSR count). The van der Waals surface area contributed by atoms with E-state index in [0.717, 1.165) is 17.8 Å². The van der Waals surface area contributed by atoms with E-state index in [1.54, 1.807) is 30.6 Å². The number of pyridine rings is 1. The lowest BCUT2D eigenvalue weighted by Gasteiger charge is -2.15. The molecule has 0 fully saturated rings. The number of aromatic hydroxyl groups is 1. The molecule has 0 atom stereocenters. The molecule has 0 aliphatic rings. The summed E-state index contributed by atoms with van der Waals surface area (Å²) in [4.78, 5) is 10.6. The molecule has 4 aromatic rings. The third kappa shape index (κ3) is 4.56. The van der Waals surface area contributed by atoms with E-state index in [4.69, 9.17) is 0 Å². The Morgan fingerprint density at radius 2 is 1.88 bits per heavy atom. The number of halogens is 4. The first-order valence-corrected chi connectivity index (χ1v) is 9.70. The summed E-state index contributed by atoms with van der Waals surface area (Å²) < 4.78 is 55.0. The summed E-state index contributed by atoms with van der Waals surface area (Å²) >= 11 is 0. The first-order chi connectivity index (χ1) is 15.3. The van der Waals surface area contributed by atoms with E-state index in [2.05, 4.69) is 20.3 Å². The minimum atomic E-state index is -4.60. The summed E-state index contributed by atoms with van der Waals surface area (Å²) in [5.41, 5.74) is 0.456. The van der Waals surface area contributed by atoms with E-state index in [-0.39, 0.29) is 28.2 Å². The fourth-order valence-electron chi connectivity index (χ4n) is 3.37. The number of aromatic nitrogens is 2. The Bertz CT molecular complexity index is 1270. The number of nitrogens with zero attached hydrogens (tertiary/aromatic N) is 2. The molecule has 0 saturated carbocycles. The van der Waals surface area contributed by atoms with Crippen LogP contribution in [0.5, 0.6) is 5.88 Å². The van der Waals surface area contributed by atoms with E-state index in [1.165, 1.54) is 24.3 Å². The second-order valence-electron chi connectivity index (χ2n) is 7.07. The van der Waals surface area contributed by atoms with Crippen LogP contribution in [0.4, 0.5) is 28.9 Å². The summed E-state index contributed by atoms with van der Waals surface area (Å²) in [7, 11) is 0. The normalized spacial score (nSPS) is 12.0. The molecule has 0 spiro atoms. The zero-order chi connectivity index (χ0) is 22.7. The van der Waals surface area contributed by atoms with Crippen molar-refractivity contribution in [2.45, 2.75) is 12.6 Å². The lowest BCUT2D eigenvalue weighted by molar-refractivity contribution is -0.136. The van der Waals surface area contributed by atoms with Crippen LogP contribution in [-0.4, -0.2) is 27.8 Å². The van der Waals surface area contributed by atoms with Crippen molar-refractivity contribution in [3.63, 3.8) is 0 Å². The molecule has 0 bridgehead atoms. The highest BCUT2D eigenvalue weighted by molar-refractivity contribution is 6.02. The van der Waals surface area contributed by atoms with Crippen LogP contribution in [0, 0.1) is 5.82 Å². The molecule has 32 heavy (non-hydrogen) atoms. The van der Waals surface area contributed by atoms with Crippen molar-refractivity contribution in [3.05, 3.63) is 83.4 Å². The quantitative estimate of drug-likeness (QED) is 0.260. The fourth-order valence-corrected chi connectivity index (χ4v) is 3.37. The number of nitrogens with one attached hydrogen (secondary N) is 2. The van der Waals surface area contributed by atoms with Crippen LogP contribution in [0.25, 0.3) is 10.9 Å². The van der Waals surface area contributed by atoms with E-state index in [9.17, 15) is 22.7 Å². The molecule has 0 radical (unpaired) electrons. The summed E-state index contributed by atoms with van der Waals surface area (Å²) in [6.45, 7) is 0.304. The van der Waals surface area contributed by atoms with Gasteiger partial charge in [0.05, 0.1) is 22.3 Å². The first-order valence-electron chi connectivity index (χ1n) is 9.70. The van der Waals surface area contributed by atoms with Gasteiger partial charge in [0.1, 0.15) is 5.82 Å². The number of aromatic amines is 1. The Kier molecular flexibility index (Phi) is 5.81. The Morgan fingerprint density at radius 3 is 2.62 bits per heavy atom. The van der Waals surface area contributed by atoms with Crippen molar-refractivity contribution >= 4 is 28.5 Å². The topological polar surface area (TPSA) is 73.3 Å². The number of alkyl halides is 3. The monoisotopic (exact) mass is 442 g/mol. The second kappa shape index (κ2) is 8.70. The number of fused-ring (bicyclic) bond motifs is 1. The van der Waals surface area contributed by atoms with Gasteiger partial charge in [-0.15, -0.1) is 0 Å². The van der Waals surface area contributed by atoms with E-state index in [1.807, 2.05) is 0 Å². The van der Waals surface area contributed by atoms with Crippen LogP contribution >= 0.6 is 0 Å². The molecular weight excluding hydrogens is 424 g/mol. The third-order valence-corrected chi connectivity index (χ3v) is 4.92. The lowest BCUT2D eigenvalue weighted by atomic mass is 10.1. The number of aliphatic imine (C=N–C) groups is 1. The zero-order valence-corrected chi connectivity index (χ0v) is 16.6. The zero-order valence-electron chi connectivity index (χ0n) is 16.6. The molecule has 9 heteroatoms. The molecule has 2 heterocycles. The number of H-pyrrole nitrogens is 1. The smallest absolute Gasteiger partial charge is 0.418 e. The lowest BCUT2D eigenvalue weighted by Crippen LogP contribution is -2.12. The third-order valence-electron chi connectivity index (χ3n) is 4.92. The van der Waals surface area contributed by atoms with Crippen molar-refractivity contribution in [3.8, 4) is 5.88 Å². The van der Waals surface area contributed by atoms with E-state index >= 15 is 0 Å². The van der Waals surface area contributed by atoms with Gasteiger partial charge in [0.2, 0.25) is 0 Å². The number of anilines is 1. The van der Waals surface area contributed by atoms with Gasteiger partial charge in [-0.25, -0.2) is 4.39 Å². The number of hydrogen-bond donors (Lipinski definition) is 3. The highest BCUT2D eigenvalue weighted by Gasteiger charge is 2.33. The summed E-state index contributed by atoms with van der Waals surface area (Å²) in [6, 6.07) is 11.5. The van der Waals surface area contributed by atoms with Gasteiger partial charge in [0.25, 0.3) is 0 Å². The molecule has 0 unspecified atom stereocenters. The molecular formula is C23H18F4N4O. The maximum atomic E-state index is 14.1. The van der Waals surface area contributed by atoms with Crippen molar-refractivity contribution < 1.29 is 22.7 Å². The molecule has 2 aromatic heterocycles. The number of hydrogen-bond acceptors (Lipinski definition) is 4. The summed E-state index contributed by atoms with van der Waals surface area (Å²) in [6.07, 6.45) is 0.329. The van der Waals surface area contributed by atoms with Crippen LogP contribution < -0.4 is 5.32 Å². The van der Waals surface area contributed by atoms with E-state index < -0.39 is 17.6 Å². The van der Waals surface area contributed by atoms with Gasteiger partial charge < -0.3 is 15.4 Å². The maximum Gasteiger partial charge on any atom is 0.418 e. The molecule has 3 N–H and O–H groups in total. The molecule has 5 nitrogen and oxygen atoms in total. The first kappa shape index (κ1) is 21.4. The maximum absolute atomic E-state index is 14.1. The molecule has 0 aliphatic carbocycles. The van der Waals surface area contributed by atoms with Gasteiger partial charge in [-0.3, -0.25) is 9.98 Å². The predicted molar refractivity (Wildman–Crippen MR) is 115 cm³/mol. The van der Waals surface area contributed by atoms with Gasteiger partial charge in [0, 0.05) is 36.2 Å². The van der Waals surface area contributed by atoms with Gasteiger partial charge in [-0.1, -0.05) is 6.07 Å². The molecule has 0 amide bonds. The van der Waals surface area contributed by atoms with Crippen molar-refractivity contribution in [1.82, 2.24) is 9.97 Å². The van der Waals surface area contributed by atoms with Crippen LogP contribution in [0.15, 0.2) is 65.9 Å². The largest absolute Gasteiger partial charge is 0.494 e. The fraction of sp³-hybridized carbons (Fsp3) is 0.130. The summed E-state index contributed by atoms with van der Waals surface area (Å²) in [5.74, 6) is -0.899. The molecule has 164 valence electrons. The van der Waals surface area contributed by atoms with Crippen LogP contribution in [-0.2, 0) is 12.6 Å². The van der Waals surface area contributed by atoms with Crippen molar-refractivity contribution in [2.75, 3.05) is 11.9 Å². The average Bonchev–Trinajstić information content (AvgIpc) is 3.09. The predicted octanol–water partition coefficient (Wildman–Crippen LogP) is 5.83. The van der Waals surface area contributed by atoms with Crippen LogP contribution in [0.2, 0.25) is 0 Å². The van der Waals surface area contributed by atoms with Crippen molar-refractivity contribution in [2.24, 2.45) is 4.99 Å². The number of rotatable bonds is 6. The Morgan fingerprint density at radius 1 is 1.09 bits per heavy atom. The minimum Gasteiger partial charge on any atom is -0.494 e. The van der Waals surface area contributed by atoms with Gasteiger partial charge >= 0.3 is 6.18 Å². The standard InChI is InChI=1S/C23H18F4N4O/c24-18-2-1-3-20-21(18)16(22(32)31-20)13-30-15-4-5-19(17(12-15)23(25,26)27)29-11-8-14-6-9-28-10-7-14/h1-7,9-10,12-13,29,31-32H,8,11H2. The summed E-state index contributed by atoms with van der Waals surface area (Å²) in [5, 5.41) is 13.0. The highest BCUT2D eigenvalue weighted by atomic mass is 19.4. The highest BCUT2D eigenvalue weighted by Crippen LogP contribution is 2.37. The Labute approximate surface area is 180 Å². The number of benzene rings is 2. The molecule has 2 aromatic carbocycles. The Balaban J connectivity index is 1.59. The van der Waals surface area contributed by atoms with Crippen molar-refractivity contribution in [1.29, 1.82) is 0 Å². The van der Waals surface area contributed by atoms with Gasteiger partial charge in [-0.05, 0) is 54.4 Å². The second-order valence-corrected chi connectivity index (χ2v) is 7.07. The van der Waals surface area contributed by atoms with Gasteiger partial charge in [0.15, 0.2) is 5.88 Å². The molecule has 0 aliphatic heterocycles. The van der Waals surface area contributed by atoms with Crippen LogP contribution in [0.1, 0.15) is 16.7 Å². The SMILES string of the molecule is Oc1[nH]c2cccc(F)c2c1C=Nc1ccc(NCCc2ccncc2)c(C(F)(F)F)c1. The van der Waals surface area contributed by atoms with Crippen LogP contribution in [0.3, 0.4) is 0 Å². The minimum absolute atomic E-state index is 0.0158.